The van der Waals surface area contributed by atoms with Gasteiger partial charge in [0.2, 0.25) is 0 Å². The molecule has 0 unspecified atom stereocenters. The van der Waals surface area contributed by atoms with Crippen molar-refractivity contribution in [3.8, 4) is 0 Å². The minimum absolute atomic E-state index is 0.0462. The summed E-state index contributed by atoms with van der Waals surface area (Å²) in [5, 5.41) is 0. The number of carbonyl (C=O) groups is 1. The number of rotatable bonds is 2. The Balaban J connectivity index is 2.24. The van der Waals surface area contributed by atoms with Crippen molar-refractivity contribution in [1.29, 1.82) is 0 Å². The minimum Gasteiger partial charge on any atom is -0.469 e. The second kappa shape index (κ2) is 4.04. The Morgan fingerprint density at radius 3 is 2.19 bits per heavy atom. The molecular formula is C12H16N2O2. The molecule has 1 aliphatic rings. The molecule has 0 aromatic heterocycles. The van der Waals surface area contributed by atoms with E-state index < -0.39 is 0 Å². The number of carbonyl (C=O) groups excluding carboxylic acids is 1. The smallest absolute Gasteiger partial charge is 0.309 e. The van der Waals surface area contributed by atoms with Gasteiger partial charge in [0.15, 0.2) is 0 Å². The predicted octanol–water partition coefficient (Wildman–Crippen LogP) is 1.46. The standard InChI is InChI=1S/C12H16N2O2/c1-13-9-6-4-5-7-10(9)14(2)11(13)8-12(15)16-3/h4-7,11H,8H2,1-3H3. The maximum Gasteiger partial charge on any atom is 0.309 e. The number of hydrogen-bond acceptors (Lipinski definition) is 4. The van der Waals surface area contributed by atoms with Crippen molar-refractivity contribution in [2.75, 3.05) is 31.0 Å². The number of hydrogen-bond donors (Lipinski definition) is 0. The number of methoxy groups -OCH3 is 1. The van der Waals surface area contributed by atoms with Gasteiger partial charge in [-0.3, -0.25) is 4.79 Å². The van der Waals surface area contributed by atoms with Crippen LogP contribution in [0.4, 0.5) is 11.4 Å². The van der Waals surface area contributed by atoms with E-state index in [0.29, 0.717) is 6.42 Å². The predicted molar refractivity (Wildman–Crippen MR) is 63.7 cm³/mol. The lowest BCUT2D eigenvalue weighted by Gasteiger charge is -2.26. The number of fused-ring (bicyclic) bond motifs is 1. The van der Waals surface area contributed by atoms with Crippen LogP contribution in [-0.2, 0) is 9.53 Å². The Hall–Kier alpha value is -1.71. The molecule has 1 heterocycles. The Morgan fingerprint density at radius 1 is 1.25 bits per heavy atom. The molecule has 4 nitrogen and oxygen atoms in total. The molecule has 0 radical (unpaired) electrons. The van der Waals surface area contributed by atoms with Crippen LogP contribution in [0, 0.1) is 0 Å². The highest BCUT2D eigenvalue weighted by atomic mass is 16.5. The zero-order chi connectivity index (χ0) is 11.7. The highest BCUT2D eigenvalue weighted by molar-refractivity contribution is 5.80. The number of nitrogens with zero attached hydrogens (tertiary/aromatic N) is 2. The highest BCUT2D eigenvalue weighted by Gasteiger charge is 2.32. The summed E-state index contributed by atoms with van der Waals surface area (Å²) in [5.74, 6) is -0.184. The van der Waals surface area contributed by atoms with Gasteiger partial charge < -0.3 is 14.5 Å². The van der Waals surface area contributed by atoms with Crippen molar-refractivity contribution < 1.29 is 9.53 Å². The van der Waals surface area contributed by atoms with Crippen molar-refractivity contribution >= 4 is 17.3 Å². The molecule has 0 saturated heterocycles. The fourth-order valence-electron chi connectivity index (χ4n) is 2.15. The number of esters is 1. The van der Waals surface area contributed by atoms with Gasteiger partial charge in [0.25, 0.3) is 0 Å². The van der Waals surface area contributed by atoms with Gasteiger partial charge in [-0.1, -0.05) is 12.1 Å². The molecule has 4 heteroatoms. The van der Waals surface area contributed by atoms with Crippen LogP contribution in [0.2, 0.25) is 0 Å². The molecule has 0 amide bonds. The lowest BCUT2D eigenvalue weighted by Crippen LogP contribution is -2.40. The van der Waals surface area contributed by atoms with E-state index in [1.807, 2.05) is 26.2 Å². The summed E-state index contributed by atoms with van der Waals surface area (Å²) in [6, 6.07) is 8.12. The third-order valence-electron chi connectivity index (χ3n) is 3.11. The second-order valence-corrected chi connectivity index (χ2v) is 3.97. The molecule has 0 saturated carbocycles. The molecule has 1 aromatic carbocycles. The number of benzene rings is 1. The topological polar surface area (TPSA) is 32.8 Å². The zero-order valence-corrected chi connectivity index (χ0v) is 9.80. The van der Waals surface area contributed by atoms with E-state index in [1.54, 1.807) is 0 Å². The monoisotopic (exact) mass is 220 g/mol. The minimum atomic E-state index is -0.184. The van der Waals surface area contributed by atoms with Crippen LogP contribution in [0.25, 0.3) is 0 Å². The first kappa shape index (κ1) is 10.8. The van der Waals surface area contributed by atoms with Crippen molar-refractivity contribution in [2.24, 2.45) is 0 Å². The van der Waals surface area contributed by atoms with Gasteiger partial charge >= 0.3 is 5.97 Å². The number of ether oxygens (including phenoxy) is 1. The Morgan fingerprint density at radius 2 is 1.75 bits per heavy atom. The van der Waals surface area contributed by atoms with Gasteiger partial charge in [-0.25, -0.2) is 0 Å². The van der Waals surface area contributed by atoms with Gasteiger partial charge in [0, 0.05) is 14.1 Å². The largest absolute Gasteiger partial charge is 0.469 e. The summed E-state index contributed by atoms with van der Waals surface area (Å²) in [6.45, 7) is 0. The average molecular weight is 220 g/mol. The third kappa shape index (κ3) is 1.60. The van der Waals surface area contributed by atoms with Crippen LogP contribution in [0.5, 0.6) is 0 Å². The fraction of sp³-hybridized carbons (Fsp3) is 0.417. The first-order chi connectivity index (χ1) is 7.65. The van der Waals surface area contributed by atoms with Crippen molar-refractivity contribution in [1.82, 2.24) is 0 Å². The molecule has 0 aliphatic carbocycles. The maximum absolute atomic E-state index is 11.3. The van der Waals surface area contributed by atoms with E-state index in [0.717, 1.165) is 11.4 Å². The molecular weight excluding hydrogens is 204 g/mol. The summed E-state index contributed by atoms with van der Waals surface area (Å²) in [6.07, 6.45) is 0.419. The first-order valence-corrected chi connectivity index (χ1v) is 5.26. The molecule has 1 aliphatic heterocycles. The van der Waals surface area contributed by atoms with Crippen LogP contribution in [0.1, 0.15) is 6.42 Å². The van der Waals surface area contributed by atoms with Crippen molar-refractivity contribution in [2.45, 2.75) is 12.6 Å². The Kier molecular flexibility index (Phi) is 2.73. The van der Waals surface area contributed by atoms with Crippen molar-refractivity contribution in [3.05, 3.63) is 24.3 Å². The van der Waals surface area contributed by atoms with Crippen LogP contribution in [0.3, 0.4) is 0 Å². The van der Waals surface area contributed by atoms with E-state index in [2.05, 4.69) is 21.9 Å². The molecule has 86 valence electrons. The van der Waals surface area contributed by atoms with Gasteiger partial charge in [-0.05, 0) is 12.1 Å². The SMILES string of the molecule is COC(=O)CC1N(C)c2ccccc2N1C. The van der Waals surface area contributed by atoms with E-state index in [-0.39, 0.29) is 12.1 Å². The number of anilines is 2. The lowest BCUT2D eigenvalue weighted by atomic mass is 10.3. The maximum atomic E-state index is 11.3. The summed E-state index contributed by atoms with van der Waals surface area (Å²) < 4.78 is 4.72. The van der Waals surface area contributed by atoms with Gasteiger partial charge in [-0.15, -0.1) is 0 Å². The van der Waals surface area contributed by atoms with Crippen LogP contribution >= 0.6 is 0 Å². The summed E-state index contributed by atoms with van der Waals surface area (Å²) in [5.41, 5.74) is 2.30. The molecule has 0 atom stereocenters. The lowest BCUT2D eigenvalue weighted by molar-refractivity contribution is -0.140. The summed E-state index contributed by atoms with van der Waals surface area (Å²) >= 11 is 0. The van der Waals surface area contributed by atoms with E-state index >= 15 is 0 Å². The molecule has 16 heavy (non-hydrogen) atoms. The molecule has 0 spiro atoms. The van der Waals surface area contributed by atoms with Crippen LogP contribution in [0.15, 0.2) is 24.3 Å². The Labute approximate surface area is 95.4 Å². The first-order valence-electron chi connectivity index (χ1n) is 5.26. The van der Waals surface area contributed by atoms with Gasteiger partial charge in [0.05, 0.1) is 24.9 Å². The third-order valence-corrected chi connectivity index (χ3v) is 3.11. The van der Waals surface area contributed by atoms with E-state index in [9.17, 15) is 4.79 Å². The quantitative estimate of drug-likeness (QED) is 0.706. The molecule has 0 N–H and O–H groups in total. The molecule has 0 bridgehead atoms. The van der Waals surface area contributed by atoms with E-state index in [1.165, 1.54) is 7.11 Å². The highest BCUT2D eigenvalue weighted by Crippen LogP contribution is 2.38. The fourth-order valence-corrected chi connectivity index (χ4v) is 2.15. The van der Waals surface area contributed by atoms with E-state index in [4.69, 9.17) is 4.74 Å². The van der Waals surface area contributed by atoms with Gasteiger partial charge in [-0.2, -0.15) is 0 Å². The zero-order valence-electron chi connectivity index (χ0n) is 9.80. The van der Waals surface area contributed by atoms with Crippen LogP contribution < -0.4 is 9.80 Å². The normalized spacial score (nSPS) is 15.2. The van der Waals surface area contributed by atoms with Gasteiger partial charge in [0.1, 0.15) is 6.17 Å². The molecule has 1 aromatic rings. The molecule has 2 rings (SSSR count). The Bertz CT molecular complexity index is 377. The summed E-state index contributed by atoms with van der Waals surface area (Å²) in [4.78, 5) is 15.5. The summed E-state index contributed by atoms with van der Waals surface area (Å²) in [7, 11) is 5.41. The van der Waals surface area contributed by atoms with Crippen molar-refractivity contribution in [3.63, 3.8) is 0 Å². The average Bonchev–Trinajstić information content (AvgIpc) is 2.55. The second-order valence-electron chi connectivity index (χ2n) is 3.97. The van der Waals surface area contributed by atoms with Crippen LogP contribution in [-0.4, -0.2) is 33.3 Å². The molecule has 0 fully saturated rings. The number of para-hydroxylation sites is 2.